The fraction of sp³-hybridized carbons (Fsp3) is 0.462. The summed E-state index contributed by atoms with van der Waals surface area (Å²) in [6.45, 7) is 6.12. The second-order valence-corrected chi connectivity index (χ2v) is 4.86. The lowest BCUT2D eigenvalue weighted by molar-refractivity contribution is 0.0934. The van der Waals surface area contributed by atoms with Crippen molar-refractivity contribution in [3.63, 3.8) is 0 Å². The number of rotatable bonds is 4. The van der Waals surface area contributed by atoms with Gasteiger partial charge in [0.15, 0.2) is 0 Å². The summed E-state index contributed by atoms with van der Waals surface area (Å²) in [4.78, 5) is 12.0. The van der Waals surface area contributed by atoms with Crippen LogP contribution in [0.4, 0.5) is 0 Å². The monoisotopic (exact) mass is 283 g/mol. The van der Waals surface area contributed by atoms with Crippen molar-refractivity contribution in [3.8, 4) is 0 Å². The minimum absolute atomic E-state index is 0.0208. The molecule has 16 heavy (non-hydrogen) atoms. The molecule has 0 atom stereocenters. The molecule has 0 fully saturated rings. The molecule has 0 saturated heterocycles. The standard InChI is InChI=1S/C13H18BrNO/c1-4-11(5-2)15-13(16)12-8-10(14)7-6-9(12)3/h6-8,11H,4-5H2,1-3H3,(H,15,16). The van der Waals surface area contributed by atoms with Gasteiger partial charge in [-0.05, 0) is 37.5 Å². The molecule has 0 aliphatic heterocycles. The number of carbonyl (C=O) groups is 1. The molecule has 1 amide bonds. The van der Waals surface area contributed by atoms with E-state index in [2.05, 4.69) is 35.1 Å². The van der Waals surface area contributed by atoms with E-state index < -0.39 is 0 Å². The highest BCUT2D eigenvalue weighted by Crippen LogP contribution is 2.16. The second-order valence-electron chi connectivity index (χ2n) is 3.95. The lowest BCUT2D eigenvalue weighted by atomic mass is 10.1. The maximum atomic E-state index is 12.0. The first-order chi connectivity index (χ1) is 7.58. The van der Waals surface area contributed by atoms with E-state index in [0.29, 0.717) is 0 Å². The summed E-state index contributed by atoms with van der Waals surface area (Å²) in [6, 6.07) is 6.04. The molecule has 0 bridgehead atoms. The Morgan fingerprint density at radius 3 is 2.56 bits per heavy atom. The molecule has 88 valence electrons. The third-order valence-corrected chi connectivity index (χ3v) is 3.26. The van der Waals surface area contributed by atoms with Crippen LogP contribution in [0.25, 0.3) is 0 Å². The van der Waals surface area contributed by atoms with Crippen LogP contribution in [0.5, 0.6) is 0 Å². The maximum Gasteiger partial charge on any atom is 0.251 e. The van der Waals surface area contributed by atoms with Gasteiger partial charge in [-0.3, -0.25) is 4.79 Å². The van der Waals surface area contributed by atoms with Gasteiger partial charge in [-0.2, -0.15) is 0 Å². The Balaban J connectivity index is 2.83. The average molecular weight is 284 g/mol. The van der Waals surface area contributed by atoms with Crippen molar-refractivity contribution in [3.05, 3.63) is 33.8 Å². The van der Waals surface area contributed by atoms with Gasteiger partial charge in [-0.1, -0.05) is 35.8 Å². The molecular formula is C13H18BrNO. The lowest BCUT2D eigenvalue weighted by Crippen LogP contribution is -2.34. The number of hydrogen-bond acceptors (Lipinski definition) is 1. The molecule has 0 spiro atoms. The summed E-state index contributed by atoms with van der Waals surface area (Å²) in [5.74, 6) is 0.0208. The molecule has 0 radical (unpaired) electrons. The van der Waals surface area contributed by atoms with E-state index in [1.807, 2.05) is 25.1 Å². The topological polar surface area (TPSA) is 29.1 Å². The van der Waals surface area contributed by atoms with Crippen LogP contribution >= 0.6 is 15.9 Å². The molecule has 0 aliphatic carbocycles. The Bertz CT molecular complexity index is 372. The number of hydrogen-bond donors (Lipinski definition) is 1. The van der Waals surface area contributed by atoms with Crippen LogP contribution in [-0.2, 0) is 0 Å². The zero-order valence-corrected chi connectivity index (χ0v) is 11.6. The van der Waals surface area contributed by atoms with Crippen molar-refractivity contribution in [2.75, 3.05) is 0 Å². The third-order valence-electron chi connectivity index (χ3n) is 2.77. The number of halogens is 1. The van der Waals surface area contributed by atoms with Crippen LogP contribution in [0.2, 0.25) is 0 Å². The molecular weight excluding hydrogens is 266 g/mol. The number of nitrogens with one attached hydrogen (secondary N) is 1. The molecule has 1 rings (SSSR count). The first-order valence-corrected chi connectivity index (χ1v) is 6.44. The predicted octanol–water partition coefficient (Wildman–Crippen LogP) is 3.68. The summed E-state index contributed by atoms with van der Waals surface area (Å²) in [5.41, 5.74) is 1.76. The first kappa shape index (κ1) is 13.2. The summed E-state index contributed by atoms with van der Waals surface area (Å²) >= 11 is 3.38. The Morgan fingerprint density at radius 2 is 2.00 bits per heavy atom. The van der Waals surface area contributed by atoms with Gasteiger partial charge in [0.05, 0.1) is 0 Å². The maximum absolute atomic E-state index is 12.0. The quantitative estimate of drug-likeness (QED) is 0.898. The fourth-order valence-electron chi connectivity index (χ4n) is 1.59. The zero-order valence-electron chi connectivity index (χ0n) is 10.0. The van der Waals surface area contributed by atoms with Gasteiger partial charge in [-0.15, -0.1) is 0 Å². The minimum Gasteiger partial charge on any atom is -0.349 e. The highest BCUT2D eigenvalue weighted by molar-refractivity contribution is 9.10. The van der Waals surface area contributed by atoms with Crippen molar-refractivity contribution in [1.29, 1.82) is 0 Å². The number of amides is 1. The van der Waals surface area contributed by atoms with Gasteiger partial charge in [0.25, 0.3) is 5.91 Å². The molecule has 3 heteroatoms. The molecule has 1 aromatic carbocycles. The van der Waals surface area contributed by atoms with Gasteiger partial charge in [0.1, 0.15) is 0 Å². The van der Waals surface area contributed by atoms with E-state index in [1.54, 1.807) is 0 Å². The van der Waals surface area contributed by atoms with Gasteiger partial charge in [-0.25, -0.2) is 0 Å². The van der Waals surface area contributed by atoms with Crippen LogP contribution in [0, 0.1) is 6.92 Å². The van der Waals surface area contributed by atoms with E-state index >= 15 is 0 Å². The van der Waals surface area contributed by atoms with E-state index in [4.69, 9.17) is 0 Å². The number of carbonyl (C=O) groups excluding carboxylic acids is 1. The van der Waals surface area contributed by atoms with E-state index in [0.717, 1.165) is 28.4 Å². The first-order valence-electron chi connectivity index (χ1n) is 5.65. The second kappa shape index (κ2) is 6.04. The van der Waals surface area contributed by atoms with Crippen molar-refractivity contribution in [2.45, 2.75) is 39.7 Å². The minimum atomic E-state index is 0.0208. The summed E-state index contributed by atoms with van der Waals surface area (Å²) < 4.78 is 0.938. The van der Waals surface area contributed by atoms with Crippen LogP contribution in [-0.4, -0.2) is 11.9 Å². The van der Waals surface area contributed by atoms with Gasteiger partial charge < -0.3 is 5.32 Å². The van der Waals surface area contributed by atoms with Crippen LogP contribution in [0.1, 0.15) is 42.6 Å². The Hall–Kier alpha value is -0.830. The zero-order chi connectivity index (χ0) is 12.1. The van der Waals surface area contributed by atoms with E-state index in [1.165, 1.54) is 0 Å². The molecule has 2 nitrogen and oxygen atoms in total. The van der Waals surface area contributed by atoms with Gasteiger partial charge in [0.2, 0.25) is 0 Å². The van der Waals surface area contributed by atoms with Crippen molar-refractivity contribution < 1.29 is 4.79 Å². The van der Waals surface area contributed by atoms with Gasteiger partial charge >= 0.3 is 0 Å². The SMILES string of the molecule is CCC(CC)NC(=O)c1cc(Br)ccc1C. The molecule has 0 heterocycles. The van der Waals surface area contributed by atoms with Gasteiger partial charge in [0, 0.05) is 16.1 Å². The smallest absolute Gasteiger partial charge is 0.251 e. The van der Waals surface area contributed by atoms with Crippen molar-refractivity contribution >= 4 is 21.8 Å². The molecule has 0 aromatic heterocycles. The third kappa shape index (κ3) is 3.34. The molecule has 1 aromatic rings. The van der Waals surface area contributed by atoms with Crippen LogP contribution < -0.4 is 5.32 Å². The van der Waals surface area contributed by atoms with Crippen molar-refractivity contribution in [2.24, 2.45) is 0 Å². The summed E-state index contributed by atoms with van der Waals surface area (Å²) in [7, 11) is 0. The van der Waals surface area contributed by atoms with Crippen LogP contribution in [0.15, 0.2) is 22.7 Å². The molecule has 0 saturated carbocycles. The highest BCUT2D eigenvalue weighted by Gasteiger charge is 2.12. The highest BCUT2D eigenvalue weighted by atomic mass is 79.9. The average Bonchev–Trinajstić information content (AvgIpc) is 2.28. The van der Waals surface area contributed by atoms with Crippen LogP contribution in [0.3, 0.4) is 0 Å². The Kier molecular flexibility index (Phi) is 5.00. The van der Waals surface area contributed by atoms with E-state index in [-0.39, 0.29) is 11.9 Å². The van der Waals surface area contributed by atoms with E-state index in [9.17, 15) is 4.79 Å². The normalized spacial score (nSPS) is 10.6. The largest absolute Gasteiger partial charge is 0.349 e. The number of benzene rings is 1. The molecule has 1 N–H and O–H groups in total. The summed E-state index contributed by atoms with van der Waals surface area (Å²) in [5, 5.41) is 3.04. The lowest BCUT2D eigenvalue weighted by Gasteiger charge is -2.15. The summed E-state index contributed by atoms with van der Waals surface area (Å²) in [6.07, 6.45) is 1.94. The predicted molar refractivity (Wildman–Crippen MR) is 70.7 cm³/mol. The Labute approximate surface area is 106 Å². The molecule has 0 aliphatic rings. The van der Waals surface area contributed by atoms with Crippen molar-refractivity contribution in [1.82, 2.24) is 5.32 Å². The Morgan fingerprint density at radius 1 is 1.38 bits per heavy atom. The number of aryl methyl sites for hydroxylation is 1. The fourth-order valence-corrected chi connectivity index (χ4v) is 1.96. The molecule has 0 unspecified atom stereocenters.